The van der Waals surface area contributed by atoms with Gasteiger partial charge in [0.25, 0.3) is 0 Å². The molecule has 1 aliphatic heterocycles. The zero-order valence-corrected chi connectivity index (χ0v) is 13.9. The van der Waals surface area contributed by atoms with E-state index in [9.17, 15) is 5.11 Å². The van der Waals surface area contributed by atoms with Gasteiger partial charge in [-0.2, -0.15) is 0 Å². The Kier molecular flexibility index (Phi) is 6.48. The van der Waals surface area contributed by atoms with Crippen molar-refractivity contribution in [2.45, 2.75) is 95.6 Å². The van der Waals surface area contributed by atoms with Gasteiger partial charge >= 0.3 is 0 Å². The summed E-state index contributed by atoms with van der Waals surface area (Å²) in [6.45, 7) is 7.44. The summed E-state index contributed by atoms with van der Waals surface area (Å²) in [5, 5.41) is 13.1. The van der Waals surface area contributed by atoms with Crippen LogP contribution in [0.3, 0.4) is 0 Å². The Morgan fingerprint density at radius 1 is 1.19 bits per heavy atom. The van der Waals surface area contributed by atoms with Crippen molar-refractivity contribution in [2.24, 2.45) is 0 Å². The average Bonchev–Trinajstić information content (AvgIpc) is 3.21. The highest BCUT2D eigenvalue weighted by molar-refractivity contribution is 4.92. The van der Waals surface area contributed by atoms with Crippen LogP contribution in [0.1, 0.15) is 65.7 Å². The lowest BCUT2D eigenvalue weighted by Crippen LogP contribution is -2.46. The van der Waals surface area contributed by atoms with Gasteiger partial charge in [-0.05, 0) is 65.7 Å². The average molecular weight is 299 g/mol. The van der Waals surface area contributed by atoms with Crippen molar-refractivity contribution >= 4 is 0 Å². The first-order valence-corrected chi connectivity index (χ1v) is 8.66. The van der Waals surface area contributed by atoms with Crippen LogP contribution < -0.4 is 5.32 Å². The maximum Gasteiger partial charge on any atom is 0.0624 e. The zero-order valence-electron chi connectivity index (χ0n) is 13.9. The molecule has 0 radical (unpaired) electrons. The van der Waals surface area contributed by atoms with Gasteiger partial charge in [0.2, 0.25) is 0 Å². The first-order chi connectivity index (χ1) is 10.0. The summed E-state index contributed by atoms with van der Waals surface area (Å²) in [4.78, 5) is 0. The summed E-state index contributed by atoms with van der Waals surface area (Å²) >= 11 is 0. The molecule has 1 heterocycles. The Morgan fingerprint density at radius 2 is 1.86 bits per heavy atom. The van der Waals surface area contributed by atoms with E-state index in [4.69, 9.17) is 9.47 Å². The molecule has 4 heteroatoms. The topological polar surface area (TPSA) is 50.7 Å². The Balaban J connectivity index is 1.56. The molecule has 3 unspecified atom stereocenters. The fraction of sp³-hybridized carbons (Fsp3) is 1.00. The normalized spacial score (nSPS) is 32.9. The molecule has 0 aromatic carbocycles. The van der Waals surface area contributed by atoms with Crippen LogP contribution >= 0.6 is 0 Å². The lowest BCUT2D eigenvalue weighted by molar-refractivity contribution is -0.102. The summed E-state index contributed by atoms with van der Waals surface area (Å²) in [7, 11) is 0. The second kappa shape index (κ2) is 7.91. The number of unbranched alkanes of at least 4 members (excludes halogenated alkanes) is 1. The minimum absolute atomic E-state index is 0.108. The molecule has 0 aromatic rings. The third-order valence-corrected chi connectivity index (χ3v) is 4.61. The maximum absolute atomic E-state index is 9.57. The van der Waals surface area contributed by atoms with E-state index in [1.54, 1.807) is 0 Å². The molecule has 1 aliphatic carbocycles. The van der Waals surface area contributed by atoms with E-state index in [0.29, 0.717) is 24.4 Å². The second-order valence-electron chi connectivity index (χ2n) is 7.32. The summed E-state index contributed by atoms with van der Waals surface area (Å²) in [6.07, 6.45) is 8.74. The van der Waals surface area contributed by atoms with Crippen molar-refractivity contribution in [3.8, 4) is 0 Å². The third kappa shape index (κ3) is 6.23. The van der Waals surface area contributed by atoms with Crippen LogP contribution in [0.2, 0.25) is 0 Å². The van der Waals surface area contributed by atoms with E-state index >= 15 is 0 Å². The molecule has 2 fully saturated rings. The van der Waals surface area contributed by atoms with Gasteiger partial charge in [0, 0.05) is 18.2 Å². The van der Waals surface area contributed by atoms with Crippen molar-refractivity contribution < 1.29 is 14.6 Å². The van der Waals surface area contributed by atoms with Crippen LogP contribution in [0.15, 0.2) is 0 Å². The van der Waals surface area contributed by atoms with E-state index in [1.807, 2.05) is 0 Å². The van der Waals surface area contributed by atoms with Gasteiger partial charge in [0.05, 0.1) is 24.9 Å². The molecule has 1 saturated heterocycles. The van der Waals surface area contributed by atoms with E-state index < -0.39 is 0 Å². The van der Waals surface area contributed by atoms with E-state index in [1.165, 1.54) is 12.8 Å². The maximum atomic E-state index is 9.57. The smallest absolute Gasteiger partial charge is 0.0624 e. The highest BCUT2D eigenvalue weighted by Crippen LogP contribution is 2.25. The standard InChI is InChI=1S/C17H33NO3/c1-13-10-16(11-14(2)21-13)20-9-5-4-8-17(3,12-19)18-15-6-7-15/h13-16,18-19H,4-12H2,1-3H3. The molecule has 21 heavy (non-hydrogen) atoms. The molecule has 2 N–H and O–H groups in total. The Bertz CT molecular complexity index is 298. The predicted molar refractivity (Wildman–Crippen MR) is 84.5 cm³/mol. The number of aliphatic hydroxyl groups excluding tert-OH is 1. The van der Waals surface area contributed by atoms with Crippen LogP contribution in [0.4, 0.5) is 0 Å². The Hall–Kier alpha value is -0.160. The molecule has 2 rings (SSSR count). The monoisotopic (exact) mass is 299 g/mol. The number of ether oxygens (including phenoxy) is 2. The van der Waals surface area contributed by atoms with Crippen molar-refractivity contribution in [3.63, 3.8) is 0 Å². The summed E-state index contributed by atoms with van der Waals surface area (Å²) in [5.41, 5.74) is -0.108. The lowest BCUT2D eigenvalue weighted by Gasteiger charge is -2.32. The molecule has 124 valence electrons. The van der Waals surface area contributed by atoms with Gasteiger partial charge in [0.1, 0.15) is 0 Å². The van der Waals surface area contributed by atoms with Gasteiger partial charge in [-0.3, -0.25) is 0 Å². The zero-order chi connectivity index (χ0) is 15.3. The summed E-state index contributed by atoms with van der Waals surface area (Å²) in [5.74, 6) is 0. The third-order valence-electron chi connectivity index (χ3n) is 4.61. The summed E-state index contributed by atoms with van der Waals surface area (Å²) in [6, 6.07) is 0.642. The molecule has 0 spiro atoms. The number of aliphatic hydroxyl groups is 1. The lowest BCUT2D eigenvalue weighted by atomic mass is 9.95. The molecule has 4 nitrogen and oxygen atoms in total. The van der Waals surface area contributed by atoms with Crippen LogP contribution in [0.25, 0.3) is 0 Å². The first kappa shape index (κ1) is 17.2. The number of rotatable bonds is 9. The SMILES string of the molecule is CC1CC(OCCCCC(C)(CO)NC2CC2)CC(C)O1. The van der Waals surface area contributed by atoms with Crippen molar-refractivity contribution in [1.82, 2.24) is 5.32 Å². The molecule has 3 atom stereocenters. The molecule has 0 aromatic heterocycles. The van der Waals surface area contributed by atoms with Crippen molar-refractivity contribution in [1.29, 1.82) is 0 Å². The van der Waals surface area contributed by atoms with E-state index in [2.05, 4.69) is 26.1 Å². The largest absolute Gasteiger partial charge is 0.394 e. The highest BCUT2D eigenvalue weighted by atomic mass is 16.5. The minimum atomic E-state index is -0.108. The van der Waals surface area contributed by atoms with Crippen LogP contribution in [0, 0.1) is 0 Å². The number of hydrogen-bond donors (Lipinski definition) is 2. The number of hydrogen-bond acceptors (Lipinski definition) is 4. The first-order valence-electron chi connectivity index (χ1n) is 8.66. The predicted octanol–water partition coefficient (Wildman–Crippen LogP) is 2.63. The number of nitrogens with one attached hydrogen (secondary N) is 1. The molecular formula is C17H33NO3. The molecular weight excluding hydrogens is 266 g/mol. The van der Waals surface area contributed by atoms with Crippen molar-refractivity contribution in [3.05, 3.63) is 0 Å². The van der Waals surface area contributed by atoms with E-state index in [-0.39, 0.29) is 12.1 Å². The Morgan fingerprint density at radius 3 is 2.43 bits per heavy atom. The summed E-state index contributed by atoms with van der Waals surface area (Å²) < 4.78 is 11.7. The van der Waals surface area contributed by atoms with Crippen LogP contribution in [-0.2, 0) is 9.47 Å². The van der Waals surface area contributed by atoms with Gasteiger partial charge in [-0.15, -0.1) is 0 Å². The molecule has 1 saturated carbocycles. The van der Waals surface area contributed by atoms with E-state index in [0.717, 1.165) is 38.7 Å². The fourth-order valence-corrected chi connectivity index (χ4v) is 3.26. The van der Waals surface area contributed by atoms with Crippen LogP contribution in [-0.4, -0.2) is 48.2 Å². The molecule has 0 bridgehead atoms. The molecule has 2 aliphatic rings. The van der Waals surface area contributed by atoms with Gasteiger partial charge in [-0.25, -0.2) is 0 Å². The Labute approximate surface area is 129 Å². The molecule has 0 amide bonds. The van der Waals surface area contributed by atoms with Crippen molar-refractivity contribution in [2.75, 3.05) is 13.2 Å². The van der Waals surface area contributed by atoms with Gasteiger partial charge in [-0.1, -0.05) is 0 Å². The minimum Gasteiger partial charge on any atom is -0.394 e. The quantitative estimate of drug-likeness (QED) is 0.643. The van der Waals surface area contributed by atoms with Gasteiger partial charge in [0.15, 0.2) is 0 Å². The highest BCUT2D eigenvalue weighted by Gasteiger charge is 2.31. The second-order valence-corrected chi connectivity index (χ2v) is 7.32. The van der Waals surface area contributed by atoms with Gasteiger partial charge < -0.3 is 19.9 Å². The fourth-order valence-electron chi connectivity index (χ4n) is 3.26. The van der Waals surface area contributed by atoms with Crippen LogP contribution in [0.5, 0.6) is 0 Å².